The number of piperazine rings is 1. The molecule has 8 nitrogen and oxygen atoms in total. The summed E-state index contributed by atoms with van der Waals surface area (Å²) in [6, 6.07) is 1.59. The summed E-state index contributed by atoms with van der Waals surface area (Å²) in [4.78, 5) is 6.53. The van der Waals surface area contributed by atoms with Crippen LogP contribution in [0.15, 0.2) is 21.8 Å². The van der Waals surface area contributed by atoms with Gasteiger partial charge in [-0.25, -0.2) is 8.42 Å². The van der Waals surface area contributed by atoms with Crippen molar-refractivity contribution in [2.24, 2.45) is 10.4 Å². The summed E-state index contributed by atoms with van der Waals surface area (Å²) < 4.78 is 31.3. The largest absolute Gasteiger partial charge is 0.364 e. The third-order valence-electron chi connectivity index (χ3n) is 5.45. The van der Waals surface area contributed by atoms with Gasteiger partial charge in [-0.05, 0) is 18.3 Å². The highest BCUT2D eigenvalue weighted by Gasteiger charge is 2.31. The molecule has 1 aliphatic carbocycles. The molecular formula is C17H30IN5O3S. The van der Waals surface area contributed by atoms with E-state index in [0.29, 0.717) is 37.3 Å². The SMILES string of the molecule is CN=C(NCC1(C)CCCC1)N1CCN(S(=O)(=O)Cc2ccon2)CC1.I. The molecule has 10 heteroatoms. The number of aliphatic imine (C=N–C) groups is 1. The van der Waals surface area contributed by atoms with Crippen molar-refractivity contribution < 1.29 is 12.9 Å². The van der Waals surface area contributed by atoms with Crippen molar-refractivity contribution in [1.29, 1.82) is 0 Å². The highest BCUT2D eigenvalue weighted by atomic mass is 127. The zero-order chi connectivity index (χ0) is 18.6. The number of hydrogen-bond donors (Lipinski definition) is 1. The van der Waals surface area contributed by atoms with E-state index in [0.717, 1.165) is 12.5 Å². The molecule has 1 N–H and O–H groups in total. The number of rotatable bonds is 5. The van der Waals surface area contributed by atoms with Crippen molar-refractivity contribution in [3.63, 3.8) is 0 Å². The van der Waals surface area contributed by atoms with Gasteiger partial charge in [0.25, 0.3) is 0 Å². The lowest BCUT2D eigenvalue weighted by Crippen LogP contribution is -2.54. The van der Waals surface area contributed by atoms with Crippen molar-refractivity contribution in [3.05, 3.63) is 18.0 Å². The molecule has 154 valence electrons. The van der Waals surface area contributed by atoms with Gasteiger partial charge in [0.15, 0.2) is 5.96 Å². The molecule has 1 saturated carbocycles. The number of guanidine groups is 1. The van der Waals surface area contributed by atoms with Crippen LogP contribution in [0.2, 0.25) is 0 Å². The van der Waals surface area contributed by atoms with Crippen LogP contribution in [0.3, 0.4) is 0 Å². The van der Waals surface area contributed by atoms with Gasteiger partial charge < -0.3 is 14.7 Å². The normalized spacial score (nSPS) is 21.1. The highest BCUT2D eigenvalue weighted by molar-refractivity contribution is 14.0. The number of hydrogen-bond acceptors (Lipinski definition) is 5. The first kappa shape index (κ1) is 22.4. The second-order valence-corrected chi connectivity index (χ2v) is 9.52. The van der Waals surface area contributed by atoms with Gasteiger partial charge in [-0.2, -0.15) is 4.31 Å². The summed E-state index contributed by atoms with van der Waals surface area (Å²) in [5.74, 6) is 0.751. The molecule has 2 fully saturated rings. The average Bonchev–Trinajstić information content (AvgIpc) is 3.28. The van der Waals surface area contributed by atoms with Crippen molar-refractivity contribution >= 4 is 40.0 Å². The summed E-state index contributed by atoms with van der Waals surface area (Å²) in [5, 5.41) is 7.20. The molecule has 1 aromatic heterocycles. The van der Waals surface area contributed by atoms with Gasteiger partial charge in [0.1, 0.15) is 12.0 Å². The van der Waals surface area contributed by atoms with Gasteiger partial charge in [0.05, 0.1) is 5.69 Å². The summed E-state index contributed by atoms with van der Waals surface area (Å²) >= 11 is 0. The van der Waals surface area contributed by atoms with Gasteiger partial charge in [0.2, 0.25) is 10.0 Å². The minimum atomic E-state index is -3.37. The number of aromatic nitrogens is 1. The predicted molar refractivity (Wildman–Crippen MR) is 116 cm³/mol. The van der Waals surface area contributed by atoms with Crippen LogP contribution in [0.25, 0.3) is 0 Å². The first-order chi connectivity index (χ1) is 12.4. The van der Waals surface area contributed by atoms with Crippen LogP contribution in [0.1, 0.15) is 38.3 Å². The Bertz CT molecular complexity index is 709. The summed E-state index contributed by atoms with van der Waals surface area (Å²) in [6.45, 7) is 5.43. The zero-order valence-corrected chi connectivity index (χ0v) is 19.2. The quantitative estimate of drug-likeness (QED) is 0.369. The van der Waals surface area contributed by atoms with Crippen LogP contribution in [-0.2, 0) is 15.8 Å². The van der Waals surface area contributed by atoms with Crippen molar-refractivity contribution in [2.75, 3.05) is 39.8 Å². The molecule has 3 rings (SSSR count). The van der Waals surface area contributed by atoms with Crippen LogP contribution < -0.4 is 5.32 Å². The summed E-state index contributed by atoms with van der Waals surface area (Å²) in [7, 11) is -1.59. The molecule has 1 aromatic rings. The Labute approximate surface area is 178 Å². The highest BCUT2D eigenvalue weighted by Crippen LogP contribution is 2.36. The Hall–Kier alpha value is -0.880. The third-order valence-corrected chi connectivity index (χ3v) is 7.26. The molecule has 0 bridgehead atoms. The Morgan fingerprint density at radius 2 is 1.96 bits per heavy atom. The second kappa shape index (κ2) is 9.55. The maximum absolute atomic E-state index is 12.5. The third kappa shape index (κ3) is 5.80. The lowest BCUT2D eigenvalue weighted by Gasteiger charge is -2.36. The van der Waals surface area contributed by atoms with Crippen LogP contribution in [0.4, 0.5) is 0 Å². The number of nitrogens with one attached hydrogen (secondary N) is 1. The van der Waals surface area contributed by atoms with Gasteiger partial charge in [-0.15, -0.1) is 24.0 Å². The fourth-order valence-corrected chi connectivity index (χ4v) is 5.22. The Morgan fingerprint density at radius 1 is 1.30 bits per heavy atom. The number of nitrogens with zero attached hydrogens (tertiary/aromatic N) is 4. The average molecular weight is 511 g/mol. The Kier molecular flexibility index (Phi) is 7.93. The molecule has 2 heterocycles. The Morgan fingerprint density at radius 3 is 2.52 bits per heavy atom. The topological polar surface area (TPSA) is 91.0 Å². The van der Waals surface area contributed by atoms with Gasteiger partial charge in [-0.3, -0.25) is 4.99 Å². The lowest BCUT2D eigenvalue weighted by molar-refractivity contribution is 0.254. The maximum Gasteiger partial charge on any atom is 0.220 e. The van der Waals surface area contributed by atoms with E-state index in [4.69, 9.17) is 4.52 Å². The molecule has 1 saturated heterocycles. The minimum absolute atomic E-state index is 0. The maximum atomic E-state index is 12.5. The fourth-order valence-electron chi connectivity index (χ4n) is 3.80. The van der Waals surface area contributed by atoms with E-state index < -0.39 is 10.0 Å². The molecule has 0 atom stereocenters. The second-order valence-electron chi connectivity index (χ2n) is 7.55. The molecule has 0 unspecified atom stereocenters. The zero-order valence-electron chi connectivity index (χ0n) is 16.1. The van der Waals surface area contributed by atoms with Crippen molar-refractivity contribution in [3.8, 4) is 0 Å². The molecule has 1 aliphatic heterocycles. The Balaban J connectivity index is 0.00000261. The minimum Gasteiger partial charge on any atom is -0.364 e. The van der Waals surface area contributed by atoms with Crippen molar-refractivity contribution in [2.45, 2.75) is 38.4 Å². The van der Waals surface area contributed by atoms with Gasteiger partial charge >= 0.3 is 0 Å². The molecule has 0 spiro atoms. The van der Waals surface area contributed by atoms with Crippen LogP contribution in [0.5, 0.6) is 0 Å². The monoisotopic (exact) mass is 511 g/mol. The standard InChI is InChI=1S/C17H29N5O3S.HI/c1-17(6-3-4-7-17)14-19-16(18-2)21-8-10-22(11-9-21)26(23,24)13-15-5-12-25-20-15;/h5,12H,3-4,6-11,13-14H2,1-2H3,(H,18,19);1H. The summed E-state index contributed by atoms with van der Waals surface area (Å²) in [5.41, 5.74) is 0.785. The summed E-state index contributed by atoms with van der Waals surface area (Å²) in [6.07, 6.45) is 6.51. The van der Waals surface area contributed by atoms with E-state index in [9.17, 15) is 8.42 Å². The van der Waals surface area contributed by atoms with Crippen LogP contribution in [-0.4, -0.2) is 68.5 Å². The molecule has 0 amide bonds. The van der Waals surface area contributed by atoms with E-state index in [-0.39, 0.29) is 29.7 Å². The van der Waals surface area contributed by atoms with Crippen LogP contribution >= 0.6 is 24.0 Å². The van der Waals surface area contributed by atoms with Gasteiger partial charge in [0, 0.05) is 45.8 Å². The number of sulfonamides is 1. The van der Waals surface area contributed by atoms with E-state index in [1.54, 1.807) is 13.1 Å². The lowest BCUT2D eigenvalue weighted by atomic mass is 9.89. The van der Waals surface area contributed by atoms with Gasteiger partial charge in [-0.1, -0.05) is 24.9 Å². The smallest absolute Gasteiger partial charge is 0.220 e. The van der Waals surface area contributed by atoms with E-state index in [1.807, 2.05) is 0 Å². The molecular weight excluding hydrogens is 481 g/mol. The number of halogens is 1. The first-order valence-electron chi connectivity index (χ1n) is 9.25. The van der Waals surface area contributed by atoms with E-state index >= 15 is 0 Å². The first-order valence-corrected chi connectivity index (χ1v) is 10.9. The predicted octanol–water partition coefficient (Wildman–Crippen LogP) is 1.90. The molecule has 0 radical (unpaired) electrons. The van der Waals surface area contributed by atoms with Crippen LogP contribution in [0, 0.1) is 5.41 Å². The van der Waals surface area contributed by atoms with E-state index in [2.05, 4.69) is 27.3 Å². The fraction of sp³-hybridized carbons (Fsp3) is 0.765. The molecule has 27 heavy (non-hydrogen) atoms. The van der Waals surface area contributed by atoms with E-state index in [1.165, 1.54) is 36.3 Å². The molecule has 2 aliphatic rings. The van der Waals surface area contributed by atoms with Crippen molar-refractivity contribution in [1.82, 2.24) is 19.7 Å². The molecule has 0 aromatic carbocycles.